The average Bonchev–Trinajstić information content (AvgIpc) is 2.66. The first-order valence-corrected chi connectivity index (χ1v) is 9.59. The standard InChI is InChI=1S/C23H22F3NO3/c1-13(2)30-23(29)22-14(3)27(12-15-8-9-16(24)10-20(15)26)21(28)11-18(22)17-6-4-5-7-19(17)25/h4-10,13,18H,11-12H2,1-3H3/t18-/m0/s1. The molecular weight excluding hydrogens is 395 g/mol. The van der Waals surface area contributed by atoms with Gasteiger partial charge in [0.05, 0.1) is 18.2 Å². The van der Waals surface area contributed by atoms with Crippen LogP contribution in [0.25, 0.3) is 0 Å². The highest BCUT2D eigenvalue weighted by Crippen LogP contribution is 2.39. The van der Waals surface area contributed by atoms with Crippen LogP contribution in [-0.2, 0) is 20.9 Å². The van der Waals surface area contributed by atoms with Crippen molar-refractivity contribution >= 4 is 11.9 Å². The van der Waals surface area contributed by atoms with Crippen LogP contribution in [0.5, 0.6) is 0 Å². The predicted octanol–water partition coefficient (Wildman–Crippen LogP) is 4.85. The minimum atomic E-state index is -0.820. The summed E-state index contributed by atoms with van der Waals surface area (Å²) in [5, 5.41) is 0. The Morgan fingerprint density at radius 3 is 2.47 bits per heavy atom. The van der Waals surface area contributed by atoms with Gasteiger partial charge >= 0.3 is 5.97 Å². The molecule has 3 rings (SSSR count). The molecule has 4 nitrogen and oxygen atoms in total. The van der Waals surface area contributed by atoms with Gasteiger partial charge in [-0.3, -0.25) is 4.79 Å². The van der Waals surface area contributed by atoms with Crippen LogP contribution in [0.3, 0.4) is 0 Å². The maximum absolute atomic E-state index is 14.5. The maximum atomic E-state index is 14.5. The second-order valence-corrected chi connectivity index (χ2v) is 7.45. The molecule has 0 aliphatic carbocycles. The van der Waals surface area contributed by atoms with Gasteiger partial charge in [0, 0.05) is 29.7 Å². The Labute approximate surface area is 173 Å². The van der Waals surface area contributed by atoms with Gasteiger partial charge in [0.2, 0.25) is 5.91 Å². The van der Waals surface area contributed by atoms with E-state index in [1.165, 1.54) is 29.2 Å². The largest absolute Gasteiger partial charge is 0.460 e. The van der Waals surface area contributed by atoms with Crippen molar-refractivity contribution in [2.24, 2.45) is 0 Å². The summed E-state index contributed by atoms with van der Waals surface area (Å²) in [5.74, 6) is -3.93. The minimum absolute atomic E-state index is 0.102. The van der Waals surface area contributed by atoms with E-state index in [9.17, 15) is 22.8 Å². The van der Waals surface area contributed by atoms with Crippen molar-refractivity contribution in [1.82, 2.24) is 4.90 Å². The molecule has 1 aliphatic heterocycles. The van der Waals surface area contributed by atoms with Gasteiger partial charge in [-0.05, 0) is 38.5 Å². The number of halogens is 3. The number of hydrogen-bond donors (Lipinski definition) is 0. The van der Waals surface area contributed by atoms with E-state index >= 15 is 0 Å². The maximum Gasteiger partial charge on any atom is 0.336 e. The van der Waals surface area contributed by atoms with Crippen molar-refractivity contribution < 1.29 is 27.5 Å². The first-order chi connectivity index (χ1) is 14.2. The van der Waals surface area contributed by atoms with Crippen molar-refractivity contribution in [2.75, 3.05) is 0 Å². The molecule has 0 spiro atoms. The summed E-state index contributed by atoms with van der Waals surface area (Å²) in [4.78, 5) is 27.0. The highest BCUT2D eigenvalue weighted by atomic mass is 19.1. The highest BCUT2D eigenvalue weighted by Gasteiger charge is 2.38. The lowest BCUT2D eigenvalue weighted by Gasteiger charge is -2.35. The molecule has 1 heterocycles. The molecule has 1 aliphatic rings. The predicted molar refractivity (Wildman–Crippen MR) is 105 cm³/mol. The Bertz CT molecular complexity index is 1020. The molecule has 0 aromatic heterocycles. The number of carbonyl (C=O) groups is 2. The lowest BCUT2D eigenvalue weighted by Crippen LogP contribution is -2.38. The summed E-state index contributed by atoms with van der Waals surface area (Å²) < 4.78 is 47.2. The Kier molecular flexibility index (Phi) is 6.29. The molecule has 2 aromatic carbocycles. The quantitative estimate of drug-likeness (QED) is 0.654. The molecule has 158 valence electrons. The van der Waals surface area contributed by atoms with Crippen molar-refractivity contribution in [3.63, 3.8) is 0 Å². The van der Waals surface area contributed by atoms with Gasteiger partial charge < -0.3 is 9.64 Å². The van der Waals surface area contributed by atoms with E-state index in [1.54, 1.807) is 26.8 Å². The lowest BCUT2D eigenvalue weighted by atomic mass is 9.83. The molecule has 0 bridgehead atoms. The molecule has 0 saturated heterocycles. The van der Waals surface area contributed by atoms with Gasteiger partial charge in [-0.15, -0.1) is 0 Å². The number of benzene rings is 2. The van der Waals surface area contributed by atoms with E-state index < -0.39 is 41.4 Å². The summed E-state index contributed by atoms with van der Waals surface area (Å²) in [5.41, 5.74) is 0.725. The number of esters is 1. The van der Waals surface area contributed by atoms with Crippen molar-refractivity contribution in [3.05, 3.63) is 82.3 Å². The van der Waals surface area contributed by atoms with E-state index in [0.29, 0.717) is 0 Å². The number of ether oxygens (including phenoxy) is 1. The number of amides is 1. The molecule has 0 saturated carbocycles. The number of rotatable bonds is 5. The lowest BCUT2D eigenvalue weighted by molar-refractivity contribution is -0.143. The van der Waals surface area contributed by atoms with E-state index in [2.05, 4.69) is 0 Å². The van der Waals surface area contributed by atoms with E-state index in [4.69, 9.17) is 4.74 Å². The molecule has 1 amide bonds. The SMILES string of the molecule is CC1=C(C(=O)OC(C)C)[C@H](c2ccccc2F)CC(=O)N1Cc1ccc(F)cc1F. The summed E-state index contributed by atoms with van der Waals surface area (Å²) in [6.07, 6.45) is -0.594. The summed E-state index contributed by atoms with van der Waals surface area (Å²) in [6.45, 7) is 4.74. The van der Waals surface area contributed by atoms with Crippen molar-refractivity contribution in [1.29, 1.82) is 0 Å². The van der Waals surface area contributed by atoms with Crippen molar-refractivity contribution in [2.45, 2.75) is 45.8 Å². The highest BCUT2D eigenvalue weighted by molar-refractivity contribution is 5.96. The van der Waals surface area contributed by atoms with Crippen LogP contribution in [0.15, 0.2) is 53.7 Å². The van der Waals surface area contributed by atoms with Gasteiger partial charge in [0.1, 0.15) is 17.5 Å². The fraction of sp³-hybridized carbons (Fsp3) is 0.304. The molecule has 30 heavy (non-hydrogen) atoms. The Hall–Kier alpha value is -3.09. The summed E-state index contributed by atoms with van der Waals surface area (Å²) in [6, 6.07) is 9.03. The smallest absolute Gasteiger partial charge is 0.336 e. The molecule has 0 unspecified atom stereocenters. The zero-order valence-corrected chi connectivity index (χ0v) is 16.9. The second kappa shape index (κ2) is 8.73. The molecule has 7 heteroatoms. The van der Waals surface area contributed by atoms with Crippen molar-refractivity contribution in [3.8, 4) is 0 Å². The number of nitrogens with zero attached hydrogens (tertiary/aromatic N) is 1. The fourth-order valence-electron chi connectivity index (χ4n) is 3.59. The van der Waals surface area contributed by atoms with Gasteiger partial charge in [-0.25, -0.2) is 18.0 Å². The van der Waals surface area contributed by atoms with E-state index in [-0.39, 0.29) is 35.4 Å². The third-order valence-electron chi connectivity index (χ3n) is 5.01. The van der Waals surface area contributed by atoms with Crippen LogP contribution >= 0.6 is 0 Å². The van der Waals surface area contributed by atoms with Crippen LogP contribution in [0.1, 0.15) is 44.2 Å². The van der Waals surface area contributed by atoms with Crippen LogP contribution in [0.2, 0.25) is 0 Å². The molecule has 0 N–H and O–H groups in total. The fourth-order valence-corrected chi connectivity index (χ4v) is 3.59. The monoisotopic (exact) mass is 417 g/mol. The minimum Gasteiger partial charge on any atom is -0.460 e. The van der Waals surface area contributed by atoms with Gasteiger partial charge in [0.15, 0.2) is 0 Å². The second-order valence-electron chi connectivity index (χ2n) is 7.45. The first kappa shape index (κ1) is 21.6. The van der Waals surface area contributed by atoms with E-state index in [1.807, 2.05) is 0 Å². The molecular formula is C23H22F3NO3. The Morgan fingerprint density at radius 1 is 1.13 bits per heavy atom. The molecule has 0 fully saturated rings. The topological polar surface area (TPSA) is 46.6 Å². The van der Waals surface area contributed by atoms with Crippen LogP contribution < -0.4 is 0 Å². The Morgan fingerprint density at radius 2 is 1.83 bits per heavy atom. The number of hydrogen-bond acceptors (Lipinski definition) is 3. The van der Waals surface area contributed by atoms with Gasteiger partial charge in [0.25, 0.3) is 0 Å². The normalized spacial score (nSPS) is 17.0. The van der Waals surface area contributed by atoms with Gasteiger partial charge in [-0.1, -0.05) is 24.3 Å². The third kappa shape index (κ3) is 4.40. The Balaban J connectivity index is 2.07. The zero-order chi connectivity index (χ0) is 22.0. The third-order valence-corrected chi connectivity index (χ3v) is 5.01. The van der Waals surface area contributed by atoms with Crippen LogP contribution in [0, 0.1) is 17.5 Å². The zero-order valence-electron chi connectivity index (χ0n) is 16.9. The molecule has 0 radical (unpaired) electrons. The van der Waals surface area contributed by atoms with E-state index in [0.717, 1.165) is 12.1 Å². The molecule has 2 aromatic rings. The number of carbonyl (C=O) groups excluding carboxylic acids is 2. The summed E-state index contributed by atoms with van der Waals surface area (Å²) >= 11 is 0. The van der Waals surface area contributed by atoms with Crippen LogP contribution in [0.4, 0.5) is 13.2 Å². The average molecular weight is 417 g/mol. The number of allylic oxidation sites excluding steroid dienone is 1. The molecule has 1 atom stereocenters. The van der Waals surface area contributed by atoms with Crippen LogP contribution in [-0.4, -0.2) is 22.9 Å². The first-order valence-electron chi connectivity index (χ1n) is 9.59. The van der Waals surface area contributed by atoms with Gasteiger partial charge in [-0.2, -0.15) is 0 Å². The summed E-state index contributed by atoms with van der Waals surface area (Å²) in [7, 11) is 0.